The molecule has 0 aliphatic rings. The molecule has 0 radical (unpaired) electrons. The van der Waals surface area contributed by atoms with Crippen LogP contribution in [-0.4, -0.2) is 43.5 Å². The largest absolute Gasteiger partial charge is 0.463 e. The van der Waals surface area contributed by atoms with E-state index in [0.717, 1.165) is 12.8 Å². The molecule has 0 fully saturated rings. The minimum atomic E-state index is -0.165. The molecule has 1 amide bonds. The quantitative estimate of drug-likeness (QED) is 0.350. The van der Waals surface area contributed by atoms with E-state index in [1.165, 1.54) is 0 Å². The smallest absolute Gasteiger partial charge is 0.293 e. The van der Waals surface area contributed by atoms with Crippen molar-refractivity contribution in [1.29, 1.82) is 0 Å². The number of likely N-dealkylation sites (N-methyl/N-ethyl adjacent to an activating group) is 1. The molecule has 0 aromatic heterocycles. The van der Waals surface area contributed by atoms with Gasteiger partial charge in [-0.05, 0) is 26.3 Å². The minimum Gasteiger partial charge on any atom is -0.463 e. The first-order valence-electron chi connectivity index (χ1n) is 5.39. The molecule has 2 N–H and O–H groups in total. The topological polar surface area (TPSA) is 72.6 Å². The van der Waals surface area contributed by atoms with Crippen LogP contribution in [0.1, 0.15) is 19.8 Å². The number of nitrogens with two attached hydrogens (primary N) is 1. The van der Waals surface area contributed by atoms with Crippen LogP contribution in [0.3, 0.4) is 0 Å². The van der Waals surface area contributed by atoms with E-state index in [1.54, 1.807) is 4.90 Å². The second kappa shape index (κ2) is 8.91. The van der Waals surface area contributed by atoms with Crippen molar-refractivity contribution < 1.29 is 14.3 Å². The van der Waals surface area contributed by atoms with Crippen LogP contribution in [0.15, 0.2) is 12.2 Å². The number of carbonyl (C=O) groups excluding carboxylic acids is 2. The van der Waals surface area contributed by atoms with Gasteiger partial charge in [-0.25, -0.2) is 0 Å². The summed E-state index contributed by atoms with van der Waals surface area (Å²) in [5.74, 6) is -0.165. The molecule has 5 nitrogen and oxygen atoms in total. The van der Waals surface area contributed by atoms with Crippen LogP contribution in [0.25, 0.3) is 0 Å². The molecule has 0 unspecified atom stereocenters. The molecule has 0 atom stereocenters. The molecule has 0 aromatic rings. The van der Waals surface area contributed by atoms with Crippen molar-refractivity contribution in [3.63, 3.8) is 0 Å². The number of nitrogens with zero attached hydrogens (tertiary/aromatic N) is 1. The minimum absolute atomic E-state index is 0.0459. The fourth-order valence-corrected chi connectivity index (χ4v) is 1.27. The number of ether oxygens (including phenoxy) is 1. The van der Waals surface area contributed by atoms with E-state index in [0.29, 0.717) is 31.7 Å². The van der Waals surface area contributed by atoms with Crippen molar-refractivity contribution in [2.24, 2.45) is 5.73 Å². The number of amides is 1. The number of unbranched alkanes of at least 4 members (excludes halogenated alkanes) is 1. The van der Waals surface area contributed by atoms with Gasteiger partial charge in [0.1, 0.15) is 6.61 Å². The molecule has 0 aliphatic heterocycles. The summed E-state index contributed by atoms with van der Waals surface area (Å²) < 4.78 is 4.49. The summed E-state index contributed by atoms with van der Waals surface area (Å²) in [6.07, 6.45) is 1.76. The molecule has 0 saturated heterocycles. The van der Waals surface area contributed by atoms with Gasteiger partial charge in [-0.3, -0.25) is 9.59 Å². The highest BCUT2D eigenvalue weighted by Crippen LogP contribution is 2.02. The third-order valence-corrected chi connectivity index (χ3v) is 2.18. The van der Waals surface area contributed by atoms with Gasteiger partial charge in [0.2, 0.25) is 0 Å². The van der Waals surface area contributed by atoms with Crippen LogP contribution in [-0.2, 0) is 14.3 Å². The maximum absolute atomic E-state index is 11.8. The number of hydrogen-bond donors (Lipinski definition) is 1. The molecule has 0 rings (SSSR count). The van der Waals surface area contributed by atoms with Gasteiger partial charge in [0, 0.05) is 18.7 Å². The Kier molecular flexibility index (Phi) is 8.15. The Labute approximate surface area is 96.2 Å². The molecule has 0 aromatic carbocycles. The highest BCUT2D eigenvalue weighted by molar-refractivity contribution is 5.93. The Morgan fingerprint density at radius 1 is 1.50 bits per heavy atom. The summed E-state index contributed by atoms with van der Waals surface area (Å²) in [4.78, 5) is 23.4. The van der Waals surface area contributed by atoms with Gasteiger partial charge in [0.05, 0.1) is 0 Å². The lowest BCUT2D eigenvalue weighted by molar-refractivity contribution is -0.130. The summed E-state index contributed by atoms with van der Waals surface area (Å²) in [7, 11) is 0. The van der Waals surface area contributed by atoms with Crippen LogP contribution in [0.4, 0.5) is 0 Å². The van der Waals surface area contributed by atoms with Crippen LogP contribution in [0.2, 0.25) is 0 Å². The van der Waals surface area contributed by atoms with Gasteiger partial charge in [0.25, 0.3) is 12.4 Å². The first-order valence-corrected chi connectivity index (χ1v) is 5.39. The normalized spacial score (nSPS) is 9.62. The maximum Gasteiger partial charge on any atom is 0.293 e. The van der Waals surface area contributed by atoms with Gasteiger partial charge < -0.3 is 15.4 Å². The molecule has 16 heavy (non-hydrogen) atoms. The lowest BCUT2D eigenvalue weighted by Gasteiger charge is -2.21. The average Bonchev–Trinajstić information content (AvgIpc) is 2.31. The molecule has 0 aliphatic carbocycles. The van der Waals surface area contributed by atoms with Gasteiger partial charge in [-0.2, -0.15) is 0 Å². The summed E-state index contributed by atoms with van der Waals surface area (Å²) >= 11 is 0. The summed E-state index contributed by atoms with van der Waals surface area (Å²) in [6.45, 7) is 7.65. The molecular formula is C11H20N2O3. The Balaban J connectivity index is 4.07. The highest BCUT2D eigenvalue weighted by Gasteiger charge is 2.14. The number of rotatable bonds is 9. The van der Waals surface area contributed by atoms with E-state index in [4.69, 9.17) is 5.73 Å². The maximum atomic E-state index is 11.8. The number of hydrogen-bond acceptors (Lipinski definition) is 4. The van der Waals surface area contributed by atoms with Crippen molar-refractivity contribution in [2.75, 3.05) is 26.2 Å². The molecular weight excluding hydrogens is 208 g/mol. The van der Waals surface area contributed by atoms with E-state index >= 15 is 0 Å². The van der Waals surface area contributed by atoms with Crippen molar-refractivity contribution in [2.45, 2.75) is 19.8 Å². The predicted octanol–water partition coefficient (Wildman–Crippen LogP) is 0.303. The van der Waals surface area contributed by atoms with Crippen LogP contribution in [0, 0.1) is 0 Å². The monoisotopic (exact) mass is 228 g/mol. The van der Waals surface area contributed by atoms with Gasteiger partial charge in [-0.15, -0.1) is 0 Å². The Morgan fingerprint density at radius 2 is 2.19 bits per heavy atom. The SMILES string of the molecule is C=C(COC=O)C(=O)N(CC)CCCCN. The first kappa shape index (κ1) is 14.6. The molecule has 0 bridgehead atoms. The zero-order valence-corrected chi connectivity index (χ0v) is 9.78. The lowest BCUT2D eigenvalue weighted by Crippen LogP contribution is -2.34. The van der Waals surface area contributed by atoms with E-state index in [-0.39, 0.29) is 12.5 Å². The van der Waals surface area contributed by atoms with Crippen molar-refractivity contribution in [3.8, 4) is 0 Å². The Bertz CT molecular complexity index is 241. The third kappa shape index (κ3) is 5.50. The van der Waals surface area contributed by atoms with Gasteiger partial charge in [0.15, 0.2) is 0 Å². The fraction of sp³-hybridized carbons (Fsp3) is 0.636. The van der Waals surface area contributed by atoms with Crippen molar-refractivity contribution in [3.05, 3.63) is 12.2 Å². The van der Waals surface area contributed by atoms with Crippen LogP contribution in [0.5, 0.6) is 0 Å². The zero-order chi connectivity index (χ0) is 12.4. The zero-order valence-electron chi connectivity index (χ0n) is 9.78. The molecule has 0 saturated carbocycles. The van der Waals surface area contributed by atoms with Crippen molar-refractivity contribution in [1.82, 2.24) is 4.90 Å². The number of carbonyl (C=O) groups is 2. The standard InChI is InChI=1S/C11H20N2O3/c1-3-13(7-5-4-6-12)11(15)10(2)8-16-9-14/h9H,2-8,12H2,1H3. The molecule has 0 spiro atoms. The fourth-order valence-electron chi connectivity index (χ4n) is 1.27. The Hall–Kier alpha value is -1.36. The average molecular weight is 228 g/mol. The van der Waals surface area contributed by atoms with Crippen LogP contribution >= 0.6 is 0 Å². The second-order valence-corrected chi connectivity index (χ2v) is 3.39. The van der Waals surface area contributed by atoms with Gasteiger partial charge in [-0.1, -0.05) is 6.58 Å². The van der Waals surface area contributed by atoms with E-state index in [9.17, 15) is 9.59 Å². The summed E-state index contributed by atoms with van der Waals surface area (Å²) in [5.41, 5.74) is 5.67. The molecule has 0 heterocycles. The highest BCUT2D eigenvalue weighted by atomic mass is 16.5. The summed E-state index contributed by atoms with van der Waals surface area (Å²) in [5, 5.41) is 0. The van der Waals surface area contributed by atoms with Gasteiger partial charge >= 0.3 is 0 Å². The van der Waals surface area contributed by atoms with Crippen LogP contribution < -0.4 is 5.73 Å². The molecule has 92 valence electrons. The third-order valence-electron chi connectivity index (χ3n) is 2.18. The lowest BCUT2D eigenvalue weighted by atomic mass is 10.2. The predicted molar refractivity (Wildman–Crippen MR) is 61.7 cm³/mol. The summed E-state index contributed by atoms with van der Waals surface area (Å²) in [6, 6.07) is 0. The van der Waals surface area contributed by atoms with E-state index < -0.39 is 0 Å². The first-order chi connectivity index (χ1) is 7.67. The van der Waals surface area contributed by atoms with E-state index in [2.05, 4.69) is 11.3 Å². The second-order valence-electron chi connectivity index (χ2n) is 3.39. The molecule has 5 heteroatoms. The van der Waals surface area contributed by atoms with E-state index in [1.807, 2.05) is 6.92 Å². The van der Waals surface area contributed by atoms with Crippen molar-refractivity contribution >= 4 is 12.4 Å². The Morgan fingerprint density at radius 3 is 2.69 bits per heavy atom.